The van der Waals surface area contributed by atoms with E-state index in [-0.39, 0.29) is 18.9 Å². The summed E-state index contributed by atoms with van der Waals surface area (Å²) in [6.45, 7) is 0.0442. The van der Waals surface area contributed by atoms with E-state index in [0.717, 1.165) is 0 Å². The van der Waals surface area contributed by atoms with Gasteiger partial charge in [0, 0.05) is 12.2 Å². The van der Waals surface area contributed by atoms with Gasteiger partial charge in [-0.25, -0.2) is 20.0 Å². The van der Waals surface area contributed by atoms with Gasteiger partial charge in [0.2, 0.25) is 11.9 Å². The number of anilines is 1. The van der Waals surface area contributed by atoms with Crippen LogP contribution in [0.1, 0.15) is 6.42 Å². The fourth-order valence-electron chi connectivity index (χ4n) is 2.40. The van der Waals surface area contributed by atoms with Crippen molar-refractivity contribution in [2.24, 2.45) is 21.8 Å². The molecule has 1 aromatic carbocycles. The summed E-state index contributed by atoms with van der Waals surface area (Å²) in [6.07, 6.45) is 0.0984. The summed E-state index contributed by atoms with van der Waals surface area (Å²) in [6, 6.07) is 6.35. The number of aliphatic imine (C=N–C) groups is 1. The molecule has 0 aliphatic carbocycles. The van der Waals surface area contributed by atoms with Crippen molar-refractivity contribution < 1.29 is 19.5 Å². The first kappa shape index (κ1) is 17.1. The molecule has 0 saturated carbocycles. The number of nitrogens with one attached hydrogen (secondary N) is 2. The lowest BCUT2D eigenvalue weighted by molar-refractivity contribution is -0.165. The van der Waals surface area contributed by atoms with Gasteiger partial charge in [-0.05, 0) is 18.6 Å². The Labute approximate surface area is 136 Å². The van der Waals surface area contributed by atoms with Gasteiger partial charge >= 0.3 is 12.0 Å². The van der Waals surface area contributed by atoms with E-state index in [1.54, 1.807) is 30.3 Å². The van der Waals surface area contributed by atoms with Crippen molar-refractivity contribution in [3.8, 4) is 0 Å². The van der Waals surface area contributed by atoms with E-state index in [2.05, 4.69) is 15.4 Å². The van der Waals surface area contributed by atoms with Gasteiger partial charge in [-0.1, -0.05) is 18.2 Å². The van der Waals surface area contributed by atoms with Crippen LogP contribution in [-0.4, -0.2) is 46.5 Å². The zero-order valence-corrected chi connectivity index (χ0v) is 12.5. The molecule has 126 valence electrons. The number of imide groups is 1. The third kappa shape index (κ3) is 3.54. The summed E-state index contributed by atoms with van der Waals surface area (Å²) < 4.78 is 0. The van der Waals surface area contributed by atoms with Gasteiger partial charge < -0.3 is 16.2 Å². The number of benzene rings is 1. The zero-order chi connectivity index (χ0) is 17.7. The number of para-hydroxylation sites is 1. The standard InChI is InChI=1S/C14H16N6O4/c15-13(19-16)17-7-6-9-10(12(22)23)20(11(9)21)14(24)18-8-4-2-1-3-5-8/h1-5,9-10,16H,6-7H2,(H2,15,17)(H,18,24)(H,22,23)/t9-,10+/m1/s1. The topological polar surface area (TPSA) is 161 Å². The third-order valence-electron chi connectivity index (χ3n) is 3.54. The second-order valence-corrected chi connectivity index (χ2v) is 5.03. The molecule has 2 rings (SSSR count). The van der Waals surface area contributed by atoms with Crippen LogP contribution in [-0.2, 0) is 9.59 Å². The molecule has 1 aliphatic heterocycles. The van der Waals surface area contributed by atoms with Crippen molar-refractivity contribution in [2.75, 3.05) is 11.9 Å². The molecule has 1 aliphatic rings. The Balaban J connectivity index is 2.03. The number of guanidine groups is 1. The van der Waals surface area contributed by atoms with Gasteiger partial charge in [-0.2, -0.15) is 0 Å². The average Bonchev–Trinajstić information content (AvgIpc) is 2.56. The molecular weight excluding hydrogens is 316 g/mol. The quantitative estimate of drug-likeness (QED) is 0.272. The zero-order valence-electron chi connectivity index (χ0n) is 12.5. The smallest absolute Gasteiger partial charge is 0.329 e. The van der Waals surface area contributed by atoms with Gasteiger partial charge in [0.15, 0.2) is 6.04 Å². The second kappa shape index (κ2) is 7.31. The molecule has 1 aromatic rings. The highest BCUT2D eigenvalue weighted by Gasteiger charge is 2.54. The van der Waals surface area contributed by atoms with Crippen molar-refractivity contribution >= 4 is 29.6 Å². The van der Waals surface area contributed by atoms with Crippen LogP contribution in [0.5, 0.6) is 0 Å². The third-order valence-corrected chi connectivity index (χ3v) is 3.54. The molecule has 10 nitrogen and oxygen atoms in total. The van der Waals surface area contributed by atoms with Crippen LogP contribution < -0.4 is 11.1 Å². The minimum Gasteiger partial charge on any atom is -0.480 e. The molecule has 2 atom stereocenters. The van der Waals surface area contributed by atoms with Crippen molar-refractivity contribution in [1.29, 1.82) is 5.53 Å². The van der Waals surface area contributed by atoms with Gasteiger partial charge in [-0.3, -0.25) is 9.79 Å². The van der Waals surface area contributed by atoms with Crippen molar-refractivity contribution in [3.63, 3.8) is 0 Å². The van der Waals surface area contributed by atoms with Gasteiger partial charge in [0.1, 0.15) is 0 Å². The Kier molecular flexibility index (Phi) is 5.20. The number of hydrogen-bond acceptors (Lipinski definition) is 5. The summed E-state index contributed by atoms with van der Waals surface area (Å²) in [5.41, 5.74) is 12.3. The summed E-state index contributed by atoms with van der Waals surface area (Å²) in [4.78, 5) is 40.0. The number of β-lactam (4-membered cyclic amide) rings is 1. The second-order valence-electron chi connectivity index (χ2n) is 5.03. The normalized spacial score (nSPS) is 20.2. The van der Waals surface area contributed by atoms with E-state index < -0.39 is 29.9 Å². The molecule has 1 saturated heterocycles. The number of carbonyl (C=O) groups is 3. The van der Waals surface area contributed by atoms with E-state index in [4.69, 9.17) is 11.3 Å². The number of hydrogen-bond donors (Lipinski definition) is 4. The van der Waals surface area contributed by atoms with Crippen molar-refractivity contribution in [3.05, 3.63) is 30.3 Å². The Morgan fingerprint density at radius 3 is 2.58 bits per heavy atom. The van der Waals surface area contributed by atoms with E-state index in [1.165, 1.54) is 0 Å². The fourth-order valence-corrected chi connectivity index (χ4v) is 2.40. The molecule has 0 unspecified atom stereocenters. The maximum atomic E-state index is 12.1. The summed E-state index contributed by atoms with van der Waals surface area (Å²) in [7, 11) is 0. The first-order valence-electron chi connectivity index (χ1n) is 7.05. The van der Waals surface area contributed by atoms with Crippen molar-refractivity contribution in [2.45, 2.75) is 12.5 Å². The van der Waals surface area contributed by atoms with Crippen LogP contribution in [0.2, 0.25) is 0 Å². The Hall–Kier alpha value is -3.30. The Bertz CT molecular complexity index is 690. The Morgan fingerprint density at radius 2 is 2.00 bits per heavy atom. The molecule has 5 N–H and O–H groups in total. The van der Waals surface area contributed by atoms with E-state index in [9.17, 15) is 19.5 Å². The van der Waals surface area contributed by atoms with Crippen molar-refractivity contribution in [1.82, 2.24) is 4.90 Å². The molecular formula is C14H16N6O4. The Morgan fingerprint density at radius 1 is 1.33 bits per heavy atom. The summed E-state index contributed by atoms with van der Waals surface area (Å²) in [5.74, 6) is -2.99. The van der Waals surface area contributed by atoms with E-state index >= 15 is 0 Å². The number of amides is 3. The summed E-state index contributed by atoms with van der Waals surface area (Å²) >= 11 is 0. The molecule has 1 heterocycles. The molecule has 0 spiro atoms. The molecule has 0 bridgehead atoms. The predicted octanol–water partition coefficient (Wildman–Crippen LogP) is 0.866. The monoisotopic (exact) mass is 332 g/mol. The van der Waals surface area contributed by atoms with Crippen LogP contribution >= 0.6 is 0 Å². The number of urea groups is 1. The van der Waals surface area contributed by atoms with Crippen LogP contribution in [0.4, 0.5) is 10.5 Å². The van der Waals surface area contributed by atoms with Crippen LogP contribution in [0.25, 0.3) is 0 Å². The SMILES string of the molecule is N=NC(N)=NCC[C@H]1C(=O)N(C(=O)Nc2ccccc2)[C@@H]1C(=O)O. The van der Waals surface area contributed by atoms with Gasteiger partial charge in [0.05, 0.1) is 5.92 Å². The molecule has 10 heteroatoms. The number of rotatable bonds is 5. The van der Waals surface area contributed by atoms with Gasteiger partial charge in [0.25, 0.3) is 0 Å². The number of likely N-dealkylation sites (tertiary alicyclic amines) is 1. The lowest BCUT2D eigenvalue weighted by Gasteiger charge is -2.42. The summed E-state index contributed by atoms with van der Waals surface area (Å²) in [5, 5.41) is 14.7. The predicted molar refractivity (Wildman–Crippen MR) is 83.5 cm³/mol. The number of nitrogens with two attached hydrogens (primary N) is 1. The van der Waals surface area contributed by atoms with Crippen LogP contribution in [0.15, 0.2) is 40.4 Å². The molecule has 1 fully saturated rings. The lowest BCUT2D eigenvalue weighted by Crippen LogP contribution is -2.67. The average molecular weight is 332 g/mol. The largest absolute Gasteiger partial charge is 0.480 e. The van der Waals surface area contributed by atoms with E-state index in [0.29, 0.717) is 10.6 Å². The highest BCUT2D eigenvalue weighted by molar-refractivity contribution is 6.11. The first-order valence-corrected chi connectivity index (χ1v) is 7.05. The highest BCUT2D eigenvalue weighted by atomic mass is 16.4. The minimum absolute atomic E-state index is 0.0442. The molecule has 3 amide bonds. The lowest BCUT2D eigenvalue weighted by atomic mass is 9.85. The number of nitrogens with zero attached hydrogens (tertiary/aromatic N) is 3. The first-order chi connectivity index (χ1) is 11.5. The molecule has 24 heavy (non-hydrogen) atoms. The number of carboxylic acids is 1. The van der Waals surface area contributed by atoms with E-state index in [1.807, 2.05) is 0 Å². The number of carbonyl (C=O) groups excluding carboxylic acids is 2. The van der Waals surface area contributed by atoms with Crippen LogP contribution in [0.3, 0.4) is 0 Å². The van der Waals surface area contributed by atoms with Crippen LogP contribution in [0, 0.1) is 11.4 Å². The maximum absolute atomic E-state index is 12.1. The highest BCUT2D eigenvalue weighted by Crippen LogP contribution is 2.30. The van der Waals surface area contributed by atoms with Gasteiger partial charge in [-0.15, -0.1) is 5.11 Å². The number of aliphatic carboxylic acids is 1. The molecule has 0 radical (unpaired) electrons. The molecule has 0 aromatic heterocycles. The fraction of sp³-hybridized carbons (Fsp3) is 0.286. The maximum Gasteiger partial charge on any atom is 0.329 e. The number of carboxylic acid groups (broad SMARTS) is 1. The minimum atomic E-state index is -1.27.